The Balaban J connectivity index is 0.000000183. The topological polar surface area (TPSA) is 384 Å². The van der Waals surface area contributed by atoms with Crippen LogP contribution in [-0.2, 0) is 58.6 Å². The van der Waals surface area contributed by atoms with Gasteiger partial charge in [0.05, 0.1) is 107 Å². The van der Waals surface area contributed by atoms with Gasteiger partial charge in [-0.25, -0.2) is 39.1 Å². The number of amides is 7. The number of hydrogen-bond acceptors (Lipinski definition) is 18. The summed E-state index contributed by atoms with van der Waals surface area (Å²) in [5, 5.41) is 21.8. The number of carboxylic acids is 1. The number of nitrogens with zero attached hydrogens (tertiary/aromatic N) is 8. The highest BCUT2D eigenvalue weighted by Crippen LogP contribution is 2.42. The number of aromatic nitrogens is 8. The largest absolute Gasteiger partial charge is 0.481 e. The summed E-state index contributed by atoms with van der Waals surface area (Å²) in [7, 11) is 5.12. The number of fused-ring (bicyclic) bond motifs is 2. The van der Waals surface area contributed by atoms with Gasteiger partial charge in [-0.2, -0.15) is 0 Å². The summed E-state index contributed by atoms with van der Waals surface area (Å²) in [5.74, 6) is 0.665. The van der Waals surface area contributed by atoms with Crippen LogP contribution in [0.25, 0.3) is 88.8 Å². The third-order valence-corrected chi connectivity index (χ3v) is 25.2. The van der Waals surface area contributed by atoms with Crippen molar-refractivity contribution in [3.05, 3.63) is 241 Å². The lowest BCUT2D eigenvalue weighted by atomic mass is 9.79. The summed E-state index contributed by atoms with van der Waals surface area (Å²) in [6, 6.07) is 58.0. The standard InChI is InChI=1S/C48H52N8O6.C42H49N7O5.C12H14O4/c1-29(2)41(53-46(59)61-4)44(57)55-23-9-13-39(55)42-50-28-38(52-42)35-22-21-33-25-32(19-20-34(33)26-35)30-15-17-31(18-16-30)37-27-49-43(51-37)40-14-10-24-56(40)45(58)48(3,54-47(60)62-5)36-11-7-6-8-12-36;1-25(2)36(47-40(51)53-6)39(50)48-19-7-9-34(48)37-44-24-33(46-37)31-18-17-29-21-28(15-16-30(29)22-31)26-11-13-27(14-12-26)32-23-43-38(45-32)35-10-8-20-49(35)41(52)54-42(3,4)5;1-12(11(14)15,8-10(13)16-2)9-6-4-3-5-7-9/h6-8,11-12,15-22,25-29,39-41H,9-10,13-14,23-24H2,1-5H3,(H,49,51)(H,50,52)(H,53,59)(H,54,60);11-18,21-25,34-36H,7-10,19-20H2,1-6H3,(H,43,45)(H,44,46)(H,47,51);3-7H,8H2,1-2H3,(H,14,15)/t39-,40-,41-,48-;34-,35-,36-;12-/m000/s1. The molecule has 0 radical (unpaired) electrons. The first-order valence-corrected chi connectivity index (χ1v) is 44.7. The molecule has 4 aliphatic heterocycles. The zero-order chi connectivity index (χ0) is 93.9. The number of esters is 1. The van der Waals surface area contributed by atoms with Crippen LogP contribution in [-0.4, -0.2) is 191 Å². The number of carbonyl (C=O) groups excluding carboxylic acids is 8. The molecule has 0 unspecified atom stereocenters. The molecular weight excluding hydrogens is 1680 g/mol. The predicted molar refractivity (Wildman–Crippen MR) is 501 cm³/mol. The minimum absolute atomic E-state index is 0.0963. The van der Waals surface area contributed by atoms with Crippen molar-refractivity contribution in [1.82, 2.24) is 75.4 Å². The van der Waals surface area contributed by atoms with Gasteiger partial charge in [0.1, 0.15) is 51.9 Å². The van der Waals surface area contributed by atoms with E-state index in [0.29, 0.717) is 43.1 Å². The SMILES string of the molecule is COC(=O)C[C@](C)(C(=O)O)c1ccccc1.COC(=O)N[C@H](C(=O)N1CCC[C@H]1c1ncc(-c2ccc3cc(-c4ccc(-c5cnc([C@@H]6CCCN6C(=O)OC(C)(C)C)[nH]5)cc4)ccc3c2)[nH]1)C(C)C.COC(=O)N[C@H](C(=O)N1CCC[C@H]1c1ncc(-c2ccc3cc(-c4ccc(-c5cnc([C@@H]6CCCN6C(=O)[C@@](C)(NC(=O)OC)c6ccccc6)[nH]5)cc4)ccc3c2)[nH]1)C(C)C. The average Bonchev–Trinajstić information content (AvgIpc) is 1.50. The zero-order valence-corrected chi connectivity index (χ0v) is 76.7. The van der Waals surface area contributed by atoms with E-state index < -0.39 is 58.9 Å². The van der Waals surface area contributed by atoms with Gasteiger partial charge in [0.15, 0.2) is 0 Å². The molecular formula is C102H115N15O15. The van der Waals surface area contributed by atoms with Crippen LogP contribution in [0, 0.1) is 11.8 Å². The Morgan fingerprint density at radius 3 is 1.09 bits per heavy atom. The number of aliphatic carboxylic acids is 1. The highest BCUT2D eigenvalue weighted by Gasteiger charge is 2.46. The molecule has 0 bridgehead atoms. The Kier molecular flexibility index (Phi) is 28.9. The first-order chi connectivity index (χ1) is 63.3. The molecule has 4 fully saturated rings. The molecule has 8 heterocycles. The summed E-state index contributed by atoms with van der Waals surface area (Å²) in [6.07, 6.45) is 11.5. The van der Waals surface area contributed by atoms with Gasteiger partial charge in [0, 0.05) is 37.3 Å². The summed E-state index contributed by atoms with van der Waals surface area (Å²) >= 11 is 0. The molecule has 0 aliphatic carbocycles. The average molecular weight is 1790 g/mol. The highest BCUT2D eigenvalue weighted by molar-refractivity contribution is 5.95. The maximum absolute atomic E-state index is 14.2. The summed E-state index contributed by atoms with van der Waals surface area (Å²) in [5.41, 5.74) is 9.99. The zero-order valence-electron chi connectivity index (χ0n) is 76.7. The van der Waals surface area contributed by atoms with Crippen LogP contribution >= 0.6 is 0 Å². The lowest BCUT2D eigenvalue weighted by Gasteiger charge is -2.35. The fraction of sp³-hybridized carbons (Fsp3) is 0.363. The van der Waals surface area contributed by atoms with Crippen LogP contribution in [0.3, 0.4) is 0 Å². The van der Waals surface area contributed by atoms with Gasteiger partial charge in [-0.15, -0.1) is 0 Å². The molecule has 16 rings (SSSR count). The van der Waals surface area contributed by atoms with E-state index in [1.165, 1.54) is 35.4 Å². The van der Waals surface area contributed by atoms with Crippen LogP contribution in [0.15, 0.2) is 207 Å². The second-order valence-electron chi connectivity index (χ2n) is 35.9. The van der Waals surface area contributed by atoms with E-state index in [9.17, 15) is 48.3 Å². The van der Waals surface area contributed by atoms with Gasteiger partial charge in [0.2, 0.25) is 11.8 Å². The molecule has 12 aromatic rings. The first-order valence-electron chi connectivity index (χ1n) is 44.7. The number of rotatable bonds is 23. The molecule has 8 aromatic carbocycles. The molecule has 0 spiro atoms. The second kappa shape index (κ2) is 40.7. The summed E-state index contributed by atoms with van der Waals surface area (Å²) < 4.78 is 24.6. The van der Waals surface area contributed by atoms with Crippen molar-refractivity contribution < 1.29 is 71.9 Å². The molecule has 688 valence electrons. The number of aromatic amines is 4. The van der Waals surface area contributed by atoms with Gasteiger partial charge in [-0.1, -0.05) is 185 Å². The van der Waals surface area contributed by atoms with E-state index in [1.54, 1.807) is 53.3 Å². The van der Waals surface area contributed by atoms with Crippen LogP contribution in [0.5, 0.6) is 0 Å². The van der Waals surface area contributed by atoms with Crippen molar-refractivity contribution in [2.24, 2.45) is 11.8 Å². The molecule has 4 aromatic heterocycles. The molecule has 30 heteroatoms. The number of carboxylic acid groups (broad SMARTS) is 1. The smallest absolute Gasteiger partial charge is 0.410 e. The number of ether oxygens (including phenoxy) is 5. The number of benzene rings is 8. The number of imidazole rings is 4. The molecule has 4 saturated heterocycles. The maximum Gasteiger partial charge on any atom is 0.410 e. The molecule has 7 amide bonds. The van der Waals surface area contributed by atoms with E-state index >= 15 is 0 Å². The van der Waals surface area contributed by atoms with Gasteiger partial charge in [0.25, 0.3) is 5.91 Å². The van der Waals surface area contributed by atoms with Crippen molar-refractivity contribution in [3.63, 3.8) is 0 Å². The number of carbonyl (C=O) groups is 9. The fourth-order valence-electron chi connectivity index (χ4n) is 17.8. The molecule has 8 atom stereocenters. The van der Waals surface area contributed by atoms with Crippen molar-refractivity contribution in [2.45, 2.75) is 173 Å². The first kappa shape index (κ1) is 93.7. The number of H-pyrrole nitrogens is 4. The van der Waals surface area contributed by atoms with Gasteiger partial charge < -0.3 is 79.4 Å². The Labute approximate surface area is 766 Å². The van der Waals surface area contributed by atoms with Crippen molar-refractivity contribution >= 4 is 75.6 Å². The third kappa shape index (κ3) is 21.0. The van der Waals surface area contributed by atoms with E-state index in [0.717, 1.165) is 158 Å². The highest BCUT2D eigenvalue weighted by atomic mass is 16.6. The van der Waals surface area contributed by atoms with E-state index in [-0.39, 0.29) is 66.2 Å². The van der Waals surface area contributed by atoms with Crippen LogP contribution in [0.2, 0.25) is 0 Å². The molecule has 8 N–H and O–H groups in total. The number of likely N-dealkylation sites (tertiary alicyclic amines) is 4. The minimum atomic E-state index is -1.33. The van der Waals surface area contributed by atoms with Crippen LogP contribution in [0.1, 0.15) is 179 Å². The van der Waals surface area contributed by atoms with Crippen molar-refractivity contribution in [2.75, 3.05) is 54.6 Å². The van der Waals surface area contributed by atoms with Crippen LogP contribution in [0.4, 0.5) is 19.2 Å². The normalized spacial score (nSPS) is 17.4. The molecule has 4 aliphatic rings. The Hall–Kier alpha value is -14.5. The maximum atomic E-state index is 14.2. The van der Waals surface area contributed by atoms with Crippen LogP contribution < -0.4 is 16.0 Å². The lowest BCUT2D eigenvalue weighted by molar-refractivity contribution is -0.151. The van der Waals surface area contributed by atoms with E-state index in [4.69, 9.17) is 33.9 Å². The van der Waals surface area contributed by atoms with E-state index in [2.05, 4.69) is 167 Å². The number of methoxy groups -OCH3 is 4. The number of hydrogen-bond donors (Lipinski definition) is 8. The minimum Gasteiger partial charge on any atom is -0.481 e. The number of nitrogens with one attached hydrogen (secondary N) is 7. The Morgan fingerprint density at radius 2 is 0.727 bits per heavy atom. The Morgan fingerprint density at radius 1 is 0.402 bits per heavy atom. The fourth-order valence-corrected chi connectivity index (χ4v) is 17.8. The van der Waals surface area contributed by atoms with Gasteiger partial charge in [-0.05, 0) is 188 Å². The summed E-state index contributed by atoms with van der Waals surface area (Å²) in [4.78, 5) is 153. The molecule has 132 heavy (non-hydrogen) atoms. The molecule has 0 saturated carbocycles. The van der Waals surface area contributed by atoms with Gasteiger partial charge >= 0.3 is 36.3 Å². The molecule has 30 nitrogen and oxygen atoms in total. The van der Waals surface area contributed by atoms with Crippen molar-refractivity contribution in [3.8, 4) is 67.3 Å². The van der Waals surface area contributed by atoms with Gasteiger partial charge in [-0.3, -0.25) is 28.9 Å². The predicted octanol–water partition coefficient (Wildman–Crippen LogP) is 18.3. The number of alkyl carbamates (subject to hydrolysis) is 3. The van der Waals surface area contributed by atoms with E-state index in [1.807, 2.05) is 107 Å². The lowest BCUT2D eigenvalue weighted by Crippen LogP contribution is -2.55. The summed E-state index contributed by atoms with van der Waals surface area (Å²) in [6.45, 7) is 18.9. The monoisotopic (exact) mass is 1790 g/mol. The Bertz CT molecular complexity index is 6140. The quantitative estimate of drug-likeness (QED) is 0.0218. The second-order valence-corrected chi connectivity index (χ2v) is 35.9. The third-order valence-electron chi connectivity index (χ3n) is 25.2. The van der Waals surface area contributed by atoms with Crippen molar-refractivity contribution in [1.29, 1.82) is 0 Å².